The van der Waals surface area contributed by atoms with Crippen LogP contribution in [0.15, 0.2) is 30.3 Å². The van der Waals surface area contributed by atoms with E-state index in [1.54, 1.807) is 0 Å². The Balaban J connectivity index is 1.57. The van der Waals surface area contributed by atoms with Gasteiger partial charge in [-0.2, -0.15) is 0 Å². The SMILES string of the molecule is CCCCCNC(=O)CCN1CCC(Cc2ccccc2)CC1. The Morgan fingerprint density at radius 2 is 1.91 bits per heavy atom. The number of amides is 1. The van der Waals surface area contributed by atoms with E-state index in [9.17, 15) is 4.79 Å². The first kappa shape index (κ1) is 18.0. The van der Waals surface area contributed by atoms with Gasteiger partial charge in [-0.15, -0.1) is 0 Å². The zero-order valence-electron chi connectivity index (χ0n) is 14.6. The van der Waals surface area contributed by atoms with E-state index in [2.05, 4.69) is 47.5 Å². The molecular weight excluding hydrogens is 284 g/mol. The first-order valence-corrected chi connectivity index (χ1v) is 9.31. The molecule has 0 atom stereocenters. The molecule has 1 aliphatic rings. The fourth-order valence-electron chi connectivity index (χ4n) is 3.31. The van der Waals surface area contributed by atoms with Crippen molar-refractivity contribution in [2.45, 2.75) is 51.9 Å². The Morgan fingerprint density at radius 3 is 2.61 bits per heavy atom. The molecule has 3 nitrogen and oxygen atoms in total. The number of hydrogen-bond acceptors (Lipinski definition) is 2. The standard InChI is InChI=1S/C20H32N2O/c1-2-3-7-13-21-20(23)12-16-22-14-10-19(11-15-22)17-18-8-5-4-6-9-18/h4-6,8-9,19H,2-3,7,10-17H2,1H3,(H,21,23). The maximum atomic E-state index is 11.8. The normalized spacial score (nSPS) is 16.4. The van der Waals surface area contributed by atoms with E-state index >= 15 is 0 Å². The van der Waals surface area contributed by atoms with E-state index in [4.69, 9.17) is 0 Å². The molecule has 128 valence electrons. The molecule has 0 radical (unpaired) electrons. The van der Waals surface area contributed by atoms with Crippen LogP contribution in [0, 0.1) is 5.92 Å². The van der Waals surface area contributed by atoms with Crippen LogP contribution in [0.3, 0.4) is 0 Å². The van der Waals surface area contributed by atoms with Gasteiger partial charge in [0.05, 0.1) is 0 Å². The van der Waals surface area contributed by atoms with Gasteiger partial charge in [0.15, 0.2) is 0 Å². The van der Waals surface area contributed by atoms with Gasteiger partial charge in [-0.3, -0.25) is 4.79 Å². The number of nitrogens with one attached hydrogen (secondary N) is 1. The highest BCUT2D eigenvalue weighted by Crippen LogP contribution is 2.21. The quantitative estimate of drug-likeness (QED) is 0.706. The van der Waals surface area contributed by atoms with Crippen LogP contribution in [0.2, 0.25) is 0 Å². The Morgan fingerprint density at radius 1 is 1.17 bits per heavy atom. The van der Waals surface area contributed by atoms with Gasteiger partial charge in [-0.05, 0) is 50.3 Å². The van der Waals surface area contributed by atoms with Gasteiger partial charge < -0.3 is 10.2 Å². The number of hydrogen-bond donors (Lipinski definition) is 1. The van der Waals surface area contributed by atoms with Gasteiger partial charge in [0.2, 0.25) is 5.91 Å². The smallest absolute Gasteiger partial charge is 0.221 e. The zero-order chi connectivity index (χ0) is 16.3. The third-order valence-electron chi connectivity index (χ3n) is 4.83. The third kappa shape index (κ3) is 7.17. The average Bonchev–Trinajstić information content (AvgIpc) is 2.59. The maximum absolute atomic E-state index is 11.8. The molecule has 3 heteroatoms. The van der Waals surface area contributed by atoms with E-state index in [1.165, 1.54) is 37.7 Å². The Bertz CT molecular complexity index is 438. The topological polar surface area (TPSA) is 32.3 Å². The lowest BCUT2D eigenvalue weighted by Crippen LogP contribution is -2.37. The van der Waals surface area contributed by atoms with Crippen molar-refractivity contribution in [2.75, 3.05) is 26.2 Å². The van der Waals surface area contributed by atoms with Crippen LogP contribution < -0.4 is 5.32 Å². The third-order valence-corrected chi connectivity index (χ3v) is 4.83. The maximum Gasteiger partial charge on any atom is 0.221 e. The molecule has 1 heterocycles. The fourth-order valence-corrected chi connectivity index (χ4v) is 3.31. The van der Waals surface area contributed by atoms with Crippen molar-refractivity contribution >= 4 is 5.91 Å². The summed E-state index contributed by atoms with van der Waals surface area (Å²) in [6.45, 7) is 6.22. The summed E-state index contributed by atoms with van der Waals surface area (Å²) < 4.78 is 0. The average molecular weight is 316 g/mol. The Kier molecular flexibility index (Phi) is 8.16. The molecule has 0 unspecified atom stereocenters. The summed E-state index contributed by atoms with van der Waals surface area (Å²) in [7, 11) is 0. The lowest BCUT2D eigenvalue weighted by molar-refractivity contribution is -0.121. The molecule has 2 rings (SSSR count). The van der Waals surface area contributed by atoms with Crippen LogP contribution in [0.4, 0.5) is 0 Å². The first-order chi connectivity index (χ1) is 11.3. The second-order valence-electron chi connectivity index (χ2n) is 6.78. The van der Waals surface area contributed by atoms with Crippen molar-refractivity contribution in [1.82, 2.24) is 10.2 Å². The molecular formula is C20H32N2O. The van der Waals surface area contributed by atoms with Gasteiger partial charge >= 0.3 is 0 Å². The van der Waals surface area contributed by atoms with Crippen LogP contribution in [-0.2, 0) is 11.2 Å². The molecule has 1 fully saturated rings. The number of rotatable bonds is 9. The van der Waals surface area contributed by atoms with E-state index in [0.29, 0.717) is 6.42 Å². The predicted octanol–water partition coefficient (Wildman–Crippen LogP) is 3.64. The van der Waals surface area contributed by atoms with Gasteiger partial charge in [0.25, 0.3) is 0 Å². The number of likely N-dealkylation sites (tertiary alicyclic amines) is 1. The molecule has 23 heavy (non-hydrogen) atoms. The largest absolute Gasteiger partial charge is 0.356 e. The monoisotopic (exact) mass is 316 g/mol. The number of nitrogens with zero attached hydrogens (tertiary/aromatic N) is 1. The lowest BCUT2D eigenvalue weighted by Gasteiger charge is -2.31. The zero-order valence-corrected chi connectivity index (χ0v) is 14.6. The summed E-state index contributed by atoms with van der Waals surface area (Å²) in [5, 5.41) is 3.03. The van der Waals surface area contributed by atoms with Crippen molar-refractivity contribution in [3.8, 4) is 0 Å². The minimum absolute atomic E-state index is 0.215. The second kappa shape index (κ2) is 10.4. The van der Waals surface area contributed by atoms with Crippen molar-refractivity contribution in [1.29, 1.82) is 0 Å². The van der Waals surface area contributed by atoms with E-state index in [-0.39, 0.29) is 5.91 Å². The van der Waals surface area contributed by atoms with Crippen LogP contribution in [0.25, 0.3) is 0 Å². The van der Waals surface area contributed by atoms with E-state index in [0.717, 1.165) is 38.5 Å². The highest BCUT2D eigenvalue weighted by Gasteiger charge is 2.19. The summed E-state index contributed by atoms with van der Waals surface area (Å²) in [5.74, 6) is 1.02. The predicted molar refractivity (Wildman–Crippen MR) is 96.5 cm³/mol. The lowest BCUT2D eigenvalue weighted by atomic mass is 9.90. The summed E-state index contributed by atoms with van der Waals surface area (Å²) in [5.41, 5.74) is 1.46. The van der Waals surface area contributed by atoms with Crippen LogP contribution in [0.5, 0.6) is 0 Å². The molecule has 0 saturated carbocycles. The molecule has 1 aliphatic heterocycles. The van der Waals surface area contributed by atoms with Crippen molar-refractivity contribution < 1.29 is 4.79 Å². The van der Waals surface area contributed by atoms with Gasteiger partial charge in [0, 0.05) is 19.5 Å². The van der Waals surface area contributed by atoms with Crippen molar-refractivity contribution in [2.24, 2.45) is 5.92 Å². The highest BCUT2D eigenvalue weighted by atomic mass is 16.1. The van der Waals surface area contributed by atoms with Crippen molar-refractivity contribution in [3.05, 3.63) is 35.9 Å². The minimum Gasteiger partial charge on any atom is -0.356 e. The van der Waals surface area contributed by atoms with Crippen molar-refractivity contribution in [3.63, 3.8) is 0 Å². The molecule has 0 spiro atoms. The highest BCUT2D eigenvalue weighted by molar-refractivity contribution is 5.75. The van der Waals surface area contributed by atoms with E-state index < -0.39 is 0 Å². The summed E-state index contributed by atoms with van der Waals surface area (Å²) in [6.07, 6.45) is 7.87. The molecule has 0 aliphatic carbocycles. The fraction of sp³-hybridized carbons (Fsp3) is 0.650. The van der Waals surface area contributed by atoms with Gasteiger partial charge in [-0.1, -0.05) is 50.1 Å². The van der Waals surface area contributed by atoms with Crippen LogP contribution >= 0.6 is 0 Å². The first-order valence-electron chi connectivity index (χ1n) is 9.31. The minimum atomic E-state index is 0.215. The summed E-state index contributed by atoms with van der Waals surface area (Å²) >= 11 is 0. The molecule has 0 aromatic heterocycles. The van der Waals surface area contributed by atoms with Crippen LogP contribution in [-0.4, -0.2) is 37.0 Å². The number of piperidine rings is 1. The Hall–Kier alpha value is -1.35. The van der Waals surface area contributed by atoms with Gasteiger partial charge in [-0.25, -0.2) is 0 Å². The number of unbranched alkanes of at least 4 members (excludes halogenated alkanes) is 2. The summed E-state index contributed by atoms with van der Waals surface area (Å²) in [6, 6.07) is 10.8. The number of carbonyl (C=O) groups excluding carboxylic acids is 1. The van der Waals surface area contributed by atoms with Gasteiger partial charge in [0.1, 0.15) is 0 Å². The molecule has 0 bridgehead atoms. The molecule has 1 N–H and O–H groups in total. The Labute approximate surface area is 141 Å². The second-order valence-corrected chi connectivity index (χ2v) is 6.78. The molecule has 1 aromatic rings. The number of carbonyl (C=O) groups is 1. The van der Waals surface area contributed by atoms with E-state index in [1.807, 2.05) is 0 Å². The number of benzene rings is 1. The molecule has 1 aromatic carbocycles. The summed E-state index contributed by atoms with van der Waals surface area (Å²) in [4.78, 5) is 14.3. The van der Waals surface area contributed by atoms with Crippen LogP contribution in [0.1, 0.15) is 51.0 Å². The molecule has 1 amide bonds. The molecule has 1 saturated heterocycles.